The minimum atomic E-state index is -1.44. The quantitative estimate of drug-likeness (QED) is 0.619. The van der Waals surface area contributed by atoms with Crippen LogP contribution in [-0.2, 0) is 0 Å². The fourth-order valence-corrected chi connectivity index (χ4v) is 6.40. The van der Waals surface area contributed by atoms with E-state index >= 15 is 0 Å². The molecule has 0 amide bonds. The standard InChI is InChI=1S/C16H18Si/c1-11-7-5-9-13-15(11)16-12(2)8-6-10-14(16)17(13,3)4/h5-10H,1-4H3. The Morgan fingerprint density at radius 2 is 1.12 bits per heavy atom. The molecule has 0 saturated heterocycles. The summed E-state index contributed by atoms with van der Waals surface area (Å²) >= 11 is 0. The average Bonchev–Trinajstić information content (AvgIpc) is 2.52. The van der Waals surface area contributed by atoms with E-state index in [2.05, 4.69) is 63.3 Å². The number of benzene rings is 2. The first-order chi connectivity index (χ1) is 8.03. The molecule has 0 bridgehead atoms. The van der Waals surface area contributed by atoms with Crippen LogP contribution in [0, 0.1) is 13.8 Å². The van der Waals surface area contributed by atoms with Crippen LogP contribution < -0.4 is 10.4 Å². The molecule has 0 atom stereocenters. The highest BCUT2D eigenvalue weighted by atomic mass is 28.3. The Morgan fingerprint density at radius 1 is 0.706 bits per heavy atom. The maximum absolute atomic E-state index is 2.47. The molecule has 1 aliphatic rings. The van der Waals surface area contributed by atoms with Gasteiger partial charge in [-0.25, -0.2) is 0 Å². The fraction of sp³-hybridized carbons (Fsp3) is 0.250. The molecule has 17 heavy (non-hydrogen) atoms. The highest BCUT2D eigenvalue weighted by molar-refractivity contribution is 7.03. The number of fused-ring (bicyclic) bond motifs is 3. The lowest BCUT2D eigenvalue weighted by atomic mass is 9.97. The molecule has 0 aromatic heterocycles. The molecule has 1 heterocycles. The third-order valence-electron chi connectivity index (χ3n) is 4.14. The predicted molar refractivity (Wildman–Crippen MR) is 78.1 cm³/mol. The SMILES string of the molecule is Cc1cccc2c1-c1c(C)cccc1[Si]2(C)C. The molecule has 2 aromatic rings. The van der Waals surface area contributed by atoms with Crippen LogP contribution in [0.25, 0.3) is 11.1 Å². The van der Waals surface area contributed by atoms with E-state index in [0.29, 0.717) is 0 Å². The summed E-state index contributed by atoms with van der Waals surface area (Å²) in [4.78, 5) is 0. The number of hydrogen-bond donors (Lipinski definition) is 0. The molecule has 0 fully saturated rings. The lowest BCUT2D eigenvalue weighted by Gasteiger charge is -2.18. The van der Waals surface area contributed by atoms with E-state index in [4.69, 9.17) is 0 Å². The first-order valence-electron chi connectivity index (χ1n) is 6.24. The van der Waals surface area contributed by atoms with Gasteiger partial charge in [0.2, 0.25) is 0 Å². The molecule has 0 spiro atoms. The fourth-order valence-electron chi connectivity index (χ4n) is 3.19. The largest absolute Gasteiger partial charge is 0.113 e. The monoisotopic (exact) mass is 238 g/mol. The smallest absolute Gasteiger partial charge is 0.0621 e. The maximum atomic E-state index is 2.47. The summed E-state index contributed by atoms with van der Waals surface area (Å²) in [6, 6.07) is 13.6. The van der Waals surface area contributed by atoms with Crippen molar-refractivity contribution in [1.29, 1.82) is 0 Å². The number of aryl methyl sites for hydroxylation is 2. The Labute approximate surface area is 104 Å². The van der Waals surface area contributed by atoms with Crippen molar-refractivity contribution in [2.24, 2.45) is 0 Å². The second kappa shape index (κ2) is 3.33. The van der Waals surface area contributed by atoms with E-state index in [1.807, 2.05) is 0 Å². The van der Waals surface area contributed by atoms with Crippen LogP contribution >= 0.6 is 0 Å². The Balaban J connectivity index is 2.49. The van der Waals surface area contributed by atoms with Crippen molar-refractivity contribution in [3.63, 3.8) is 0 Å². The van der Waals surface area contributed by atoms with E-state index in [9.17, 15) is 0 Å². The van der Waals surface area contributed by atoms with Gasteiger partial charge in [0.15, 0.2) is 0 Å². The summed E-state index contributed by atoms with van der Waals surface area (Å²) in [6.45, 7) is 9.42. The maximum Gasteiger partial charge on any atom is 0.113 e. The zero-order chi connectivity index (χ0) is 12.2. The van der Waals surface area contributed by atoms with E-state index in [0.717, 1.165) is 0 Å². The van der Waals surface area contributed by atoms with Crippen molar-refractivity contribution >= 4 is 18.4 Å². The van der Waals surface area contributed by atoms with E-state index in [-0.39, 0.29) is 0 Å². The van der Waals surface area contributed by atoms with Crippen LogP contribution in [0.4, 0.5) is 0 Å². The van der Waals surface area contributed by atoms with Gasteiger partial charge >= 0.3 is 0 Å². The molecule has 1 aliphatic heterocycles. The molecule has 0 radical (unpaired) electrons. The summed E-state index contributed by atoms with van der Waals surface area (Å²) in [6.07, 6.45) is 0. The molecule has 0 unspecified atom stereocenters. The Hall–Kier alpha value is -1.34. The van der Waals surface area contributed by atoms with Crippen molar-refractivity contribution in [2.45, 2.75) is 26.9 Å². The normalized spacial score (nSPS) is 15.5. The molecule has 0 aliphatic carbocycles. The van der Waals surface area contributed by atoms with Crippen LogP contribution in [0.1, 0.15) is 11.1 Å². The van der Waals surface area contributed by atoms with Gasteiger partial charge in [0, 0.05) is 0 Å². The number of hydrogen-bond acceptors (Lipinski definition) is 0. The predicted octanol–water partition coefficient (Wildman–Crippen LogP) is 3.11. The lowest BCUT2D eigenvalue weighted by Crippen LogP contribution is -2.49. The van der Waals surface area contributed by atoms with Gasteiger partial charge in [-0.1, -0.05) is 49.5 Å². The second-order valence-electron chi connectivity index (χ2n) is 5.62. The molecular weight excluding hydrogens is 220 g/mol. The number of rotatable bonds is 0. The molecule has 1 heteroatoms. The molecular formula is C16H18Si. The summed E-state index contributed by atoms with van der Waals surface area (Å²) in [7, 11) is -1.44. The minimum Gasteiger partial charge on any atom is -0.0621 e. The van der Waals surface area contributed by atoms with Crippen molar-refractivity contribution in [3.8, 4) is 11.1 Å². The molecule has 3 rings (SSSR count). The topological polar surface area (TPSA) is 0 Å². The van der Waals surface area contributed by atoms with Crippen LogP contribution in [0.15, 0.2) is 36.4 Å². The second-order valence-corrected chi connectivity index (χ2v) is 9.95. The minimum absolute atomic E-state index is 1.43. The van der Waals surface area contributed by atoms with Gasteiger partial charge in [-0.15, -0.1) is 0 Å². The molecule has 0 nitrogen and oxygen atoms in total. The van der Waals surface area contributed by atoms with Crippen LogP contribution in [0.2, 0.25) is 13.1 Å². The Bertz CT molecular complexity index is 555. The van der Waals surface area contributed by atoms with Gasteiger partial charge in [0.05, 0.1) is 0 Å². The molecule has 0 saturated carbocycles. The highest BCUT2D eigenvalue weighted by Crippen LogP contribution is 2.32. The van der Waals surface area contributed by atoms with Gasteiger partial charge in [-0.2, -0.15) is 0 Å². The Morgan fingerprint density at radius 3 is 1.53 bits per heavy atom. The van der Waals surface area contributed by atoms with E-state index in [1.54, 1.807) is 10.4 Å². The molecule has 86 valence electrons. The van der Waals surface area contributed by atoms with E-state index < -0.39 is 8.07 Å². The van der Waals surface area contributed by atoms with Gasteiger partial charge in [-0.05, 0) is 46.5 Å². The lowest BCUT2D eigenvalue weighted by molar-refractivity contribution is 1.44. The zero-order valence-electron chi connectivity index (χ0n) is 11.0. The van der Waals surface area contributed by atoms with Crippen molar-refractivity contribution in [3.05, 3.63) is 47.5 Å². The zero-order valence-corrected chi connectivity index (χ0v) is 12.0. The van der Waals surface area contributed by atoms with Gasteiger partial charge in [-0.3, -0.25) is 0 Å². The first kappa shape index (κ1) is 10.8. The third-order valence-corrected chi connectivity index (χ3v) is 7.67. The summed E-state index contributed by atoms with van der Waals surface area (Å²) in [5.74, 6) is 0. The van der Waals surface area contributed by atoms with Gasteiger partial charge < -0.3 is 0 Å². The van der Waals surface area contributed by atoms with Crippen molar-refractivity contribution in [2.75, 3.05) is 0 Å². The summed E-state index contributed by atoms with van der Waals surface area (Å²) in [5.41, 5.74) is 5.90. The summed E-state index contributed by atoms with van der Waals surface area (Å²) < 4.78 is 0. The van der Waals surface area contributed by atoms with Gasteiger partial charge in [0.25, 0.3) is 0 Å². The molecule has 2 aromatic carbocycles. The average molecular weight is 238 g/mol. The van der Waals surface area contributed by atoms with Crippen molar-refractivity contribution < 1.29 is 0 Å². The summed E-state index contributed by atoms with van der Waals surface area (Å²) in [5, 5.41) is 3.23. The van der Waals surface area contributed by atoms with Crippen LogP contribution in [-0.4, -0.2) is 8.07 Å². The molecule has 0 N–H and O–H groups in total. The Kier molecular flexibility index (Phi) is 2.11. The third kappa shape index (κ3) is 1.29. The van der Waals surface area contributed by atoms with Crippen molar-refractivity contribution in [1.82, 2.24) is 0 Å². The first-order valence-corrected chi connectivity index (χ1v) is 9.24. The van der Waals surface area contributed by atoms with Crippen LogP contribution in [0.3, 0.4) is 0 Å². The van der Waals surface area contributed by atoms with Gasteiger partial charge in [0.1, 0.15) is 8.07 Å². The highest BCUT2D eigenvalue weighted by Gasteiger charge is 2.38. The van der Waals surface area contributed by atoms with E-state index in [1.165, 1.54) is 22.3 Å². The van der Waals surface area contributed by atoms with Crippen LogP contribution in [0.5, 0.6) is 0 Å².